The monoisotopic (exact) mass is 466 g/mol. The van der Waals surface area contributed by atoms with Gasteiger partial charge in [-0.2, -0.15) is 5.10 Å². The highest BCUT2D eigenvalue weighted by Crippen LogP contribution is 2.34. The van der Waals surface area contributed by atoms with E-state index in [-0.39, 0.29) is 23.4 Å². The van der Waals surface area contributed by atoms with Crippen molar-refractivity contribution < 1.29 is 19.1 Å². The number of benzene rings is 2. The van der Waals surface area contributed by atoms with Gasteiger partial charge in [-0.25, -0.2) is 9.80 Å². The molecule has 0 radical (unpaired) electrons. The summed E-state index contributed by atoms with van der Waals surface area (Å²) in [5.74, 6) is 1.07. The van der Waals surface area contributed by atoms with Crippen LogP contribution in [0.5, 0.6) is 11.5 Å². The van der Waals surface area contributed by atoms with Crippen LogP contribution in [-0.2, 0) is 6.42 Å². The molecule has 2 N–H and O–H groups in total. The lowest BCUT2D eigenvalue weighted by Gasteiger charge is -2.22. The first-order valence-electron chi connectivity index (χ1n) is 11.3. The fraction of sp³-hybridized carbons (Fsp3) is 0.423. The van der Waals surface area contributed by atoms with Crippen LogP contribution in [0.25, 0.3) is 0 Å². The Morgan fingerprint density at radius 3 is 2.26 bits per heavy atom. The topological polar surface area (TPSA) is 92.3 Å². The summed E-state index contributed by atoms with van der Waals surface area (Å²) in [6, 6.07) is 10.6. The molecule has 0 bridgehead atoms. The van der Waals surface area contributed by atoms with Crippen molar-refractivity contribution in [2.45, 2.75) is 40.2 Å². The number of nitrogens with one attached hydrogen (secondary N) is 2. The van der Waals surface area contributed by atoms with E-state index in [1.54, 1.807) is 33.4 Å². The first kappa shape index (κ1) is 25.1. The molecule has 8 nitrogen and oxygen atoms in total. The van der Waals surface area contributed by atoms with Crippen LogP contribution in [0.15, 0.2) is 41.5 Å². The van der Waals surface area contributed by atoms with E-state index in [9.17, 15) is 9.59 Å². The Labute approximate surface area is 201 Å². The zero-order chi connectivity index (χ0) is 25.0. The molecule has 0 aliphatic carbocycles. The van der Waals surface area contributed by atoms with Crippen molar-refractivity contribution in [3.8, 4) is 11.5 Å². The SMILES string of the molecule is CNC(=O)N1N=C(c2ccc(C(=O)NCC(C)(C)C)cc2)c2cc(OC)c(OC)cc2C[C@H]1C. The molecule has 1 heterocycles. The van der Waals surface area contributed by atoms with Gasteiger partial charge in [-0.05, 0) is 48.6 Å². The van der Waals surface area contributed by atoms with Gasteiger partial charge in [0.2, 0.25) is 0 Å². The van der Waals surface area contributed by atoms with Crippen LogP contribution in [0.3, 0.4) is 0 Å². The van der Waals surface area contributed by atoms with Gasteiger partial charge in [0.1, 0.15) is 0 Å². The number of carbonyl (C=O) groups is 2. The summed E-state index contributed by atoms with van der Waals surface area (Å²) in [7, 11) is 4.77. The molecule has 1 aliphatic rings. The van der Waals surface area contributed by atoms with Crippen LogP contribution in [0.1, 0.15) is 54.7 Å². The maximum absolute atomic E-state index is 12.6. The molecule has 0 saturated carbocycles. The lowest BCUT2D eigenvalue weighted by atomic mass is 9.93. The van der Waals surface area contributed by atoms with Crippen molar-refractivity contribution >= 4 is 17.6 Å². The van der Waals surface area contributed by atoms with E-state index in [1.807, 2.05) is 31.2 Å². The molecule has 0 spiro atoms. The van der Waals surface area contributed by atoms with Crippen molar-refractivity contribution in [2.75, 3.05) is 27.8 Å². The second-order valence-corrected chi connectivity index (χ2v) is 9.59. The molecule has 0 fully saturated rings. The molecule has 34 heavy (non-hydrogen) atoms. The van der Waals surface area contributed by atoms with Crippen molar-refractivity contribution in [1.82, 2.24) is 15.6 Å². The normalized spacial score (nSPS) is 15.6. The molecule has 3 rings (SSSR count). The second-order valence-electron chi connectivity index (χ2n) is 9.59. The Bertz CT molecular complexity index is 1090. The van der Waals surface area contributed by atoms with Crippen molar-refractivity contribution in [1.29, 1.82) is 0 Å². The average Bonchev–Trinajstić information content (AvgIpc) is 2.96. The van der Waals surface area contributed by atoms with Crippen LogP contribution in [0.2, 0.25) is 0 Å². The molecule has 0 aromatic heterocycles. The van der Waals surface area contributed by atoms with Crippen LogP contribution >= 0.6 is 0 Å². The van der Waals surface area contributed by atoms with Crippen LogP contribution < -0.4 is 20.1 Å². The van der Waals surface area contributed by atoms with Crippen molar-refractivity contribution in [3.05, 3.63) is 58.7 Å². The van der Waals surface area contributed by atoms with Gasteiger partial charge < -0.3 is 20.1 Å². The third-order valence-corrected chi connectivity index (χ3v) is 5.63. The Kier molecular flexibility index (Phi) is 7.49. The minimum absolute atomic E-state index is 0.00545. The van der Waals surface area contributed by atoms with Crippen molar-refractivity contribution in [2.24, 2.45) is 10.5 Å². The number of hydrogen-bond acceptors (Lipinski definition) is 5. The lowest BCUT2D eigenvalue weighted by molar-refractivity contribution is 0.0939. The summed E-state index contributed by atoms with van der Waals surface area (Å²) in [6.45, 7) is 8.74. The van der Waals surface area contributed by atoms with Crippen molar-refractivity contribution in [3.63, 3.8) is 0 Å². The second kappa shape index (κ2) is 10.2. The maximum Gasteiger partial charge on any atom is 0.337 e. The number of amides is 3. The summed E-state index contributed by atoms with van der Waals surface area (Å²) in [6.07, 6.45) is 0.587. The van der Waals surface area contributed by atoms with E-state index in [0.29, 0.717) is 35.7 Å². The molecular formula is C26H34N4O4. The number of nitrogens with zero attached hydrogens (tertiary/aromatic N) is 2. The molecule has 1 atom stereocenters. The highest BCUT2D eigenvalue weighted by Gasteiger charge is 2.28. The first-order chi connectivity index (χ1) is 16.1. The quantitative estimate of drug-likeness (QED) is 0.701. The van der Waals surface area contributed by atoms with Crippen LogP contribution in [-0.4, -0.2) is 56.5 Å². The average molecular weight is 467 g/mol. The summed E-state index contributed by atoms with van der Waals surface area (Å²) in [5.41, 5.74) is 3.79. The standard InChI is InChI=1S/C26H34N4O4/c1-16-12-19-13-21(33-6)22(34-7)14-20(19)23(29-30(16)25(32)27-5)17-8-10-18(11-9-17)24(31)28-15-26(2,3)4/h8-11,13-14,16H,12,15H2,1-7H3,(H,27,32)(H,28,31)/t16-/m1/s1. The van der Waals surface area contributed by atoms with Crippen LogP contribution in [0.4, 0.5) is 4.79 Å². The summed E-state index contributed by atoms with van der Waals surface area (Å²) >= 11 is 0. The number of carbonyl (C=O) groups excluding carboxylic acids is 2. The van der Waals surface area contributed by atoms with E-state index < -0.39 is 0 Å². The van der Waals surface area contributed by atoms with E-state index in [1.165, 1.54) is 5.01 Å². The molecule has 3 amide bonds. The first-order valence-corrected chi connectivity index (χ1v) is 11.3. The number of rotatable bonds is 5. The Morgan fingerprint density at radius 2 is 1.71 bits per heavy atom. The number of urea groups is 1. The van der Waals surface area contributed by atoms with Crippen LogP contribution in [0, 0.1) is 5.41 Å². The summed E-state index contributed by atoms with van der Waals surface area (Å²) < 4.78 is 11.0. The molecule has 0 unspecified atom stereocenters. The predicted octanol–water partition coefficient (Wildman–Crippen LogP) is 3.82. The molecule has 2 aromatic carbocycles. The maximum atomic E-state index is 12.6. The fourth-order valence-corrected chi connectivity index (χ4v) is 3.78. The minimum Gasteiger partial charge on any atom is -0.493 e. The van der Waals surface area contributed by atoms with Gasteiger partial charge in [0, 0.05) is 30.3 Å². The molecular weight excluding hydrogens is 432 g/mol. The third kappa shape index (κ3) is 5.50. The molecule has 0 saturated heterocycles. The van der Waals surface area contributed by atoms with Gasteiger partial charge in [-0.3, -0.25) is 4.79 Å². The number of fused-ring (bicyclic) bond motifs is 1. The number of ether oxygens (including phenoxy) is 2. The molecule has 1 aliphatic heterocycles. The van der Waals surface area contributed by atoms with E-state index in [0.717, 1.165) is 16.7 Å². The number of hydrazone groups is 1. The summed E-state index contributed by atoms with van der Waals surface area (Å²) in [4.78, 5) is 25.2. The minimum atomic E-state index is -0.296. The van der Waals surface area contributed by atoms with Gasteiger partial charge in [-0.1, -0.05) is 32.9 Å². The fourth-order valence-electron chi connectivity index (χ4n) is 3.78. The highest BCUT2D eigenvalue weighted by atomic mass is 16.5. The Morgan fingerprint density at radius 1 is 1.09 bits per heavy atom. The van der Waals surface area contributed by atoms with Gasteiger partial charge in [0.15, 0.2) is 11.5 Å². The number of hydrogen-bond donors (Lipinski definition) is 2. The van der Waals surface area contributed by atoms with E-state index >= 15 is 0 Å². The van der Waals surface area contributed by atoms with Gasteiger partial charge in [-0.15, -0.1) is 0 Å². The van der Waals surface area contributed by atoms with Gasteiger partial charge >= 0.3 is 6.03 Å². The smallest absolute Gasteiger partial charge is 0.337 e. The van der Waals surface area contributed by atoms with Gasteiger partial charge in [0.25, 0.3) is 5.91 Å². The summed E-state index contributed by atoms with van der Waals surface area (Å²) in [5, 5.41) is 11.8. The van der Waals surface area contributed by atoms with E-state index in [2.05, 4.69) is 31.4 Å². The largest absolute Gasteiger partial charge is 0.493 e. The zero-order valence-corrected chi connectivity index (χ0v) is 21.0. The van der Waals surface area contributed by atoms with E-state index in [4.69, 9.17) is 14.6 Å². The highest BCUT2D eigenvalue weighted by molar-refractivity contribution is 6.15. The zero-order valence-electron chi connectivity index (χ0n) is 21.0. The third-order valence-electron chi connectivity index (χ3n) is 5.63. The Hall–Kier alpha value is -3.55. The molecule has 182 valence electrons. The van der Waals surface area contributed by atoms with Gasteiger partial charge in [0.05, 0.1) is 26.0 Å². The molecule has 2 aromatic rings. The number of methoxy groups -OCH3 is 2. The Balaban J connectivity index is 2.06. The predicted molar refractivity (Wildman–Crippen MR) is 133 cm³/mol. The lowest BCUT2D eigenvalue weighted by Crippen LogP contribution is -2.41. The molecule has 8 heteroatoms.